The van der Waals surface area contributed by atoms with Gasteiger partial charge in [0, 0.05) is 49.4 Å². The van der Waals surface area contributed by atoms with Crippen LogP contribution < -0.4 is 17.0 Å². The largest absolute Gasteiger partial charge is 0.481 e. The van der Waals surface area contributed by atoms with Gasteiger partial charge >= 0.3 is 5.97 Å². The minimum Gasteiger partial charge on any atom is -0.481 e. The molecule has 47 heavy (non-hydrogen) atoms. The lowest BCUT2D eigenvalue weighted by atomic mass is 9.92. The lowest BCUT2D eigenvalue weighted by molar-refractivity contribution is -0.136. The van der Waals surface area contributed by atoms with Crippen molar-refractivity contribution in [1.29, 1.82) is 0 Å². The Morgan fingerprint density at radius 1 is 1.15 bits per heavy atom. The van der Waals surface area contributed by atoms with Crippen molar-refractivity contribution in [3.63, 3.8) is 0 Å². The third-order valence-electron chi connectivity index (χ3n) is 7.96. The number of hydrogen-bond acceptors (Lipinski definition) is 11. The van der Waals surface area contributed by atoms with E-state index in [1.807, 2.05) is 56.1 Å². The van der Waals surface area contributed by atoms with Gasteiger partial charge in [-0.1, -0.05) is 38.1 Å². The minimum atomic E-state index is -0.884. The predicted octanol–water partition coefficient (Wildman–Crippen LogP) is 4.30. The minimum absolute atomic E-state index is 0.102. The zero-order valence-electron chi connectivity index (χ0n) is 29.4. The van der Waals surface area contributed by atoms with Crippen LogP contribution in [0.15, 0.2) is 58.7 Å². The highest BCUT2D eigenvalue weighted by atomic mass is 16.5. The van der Waals surface area contributed by atoms with Gasteiger partial charge in [-0.15, -0.1) is 0 Å². The fraction of sp³-hybridized carbons (Fsp3) is 0.600. The van der Waals surface area contributed by atoms with Gasteiger partial charge in [0.2, 0.25) is 0 Å². The van der Waals surface area contributed by atoms with E-state index in [1.54, 1.807) is 32.0 Å². The molecule has 12 heteroatoms. The molecule has 0 spiro atoms. The van der Waals surface area contributed by atoms with Gasteiger partial charge in [0.1, 0.15) is 11.6 Å². The van der Waals surface area contributed by atoms with E-state index < -0.39 is 11.6 Å². The molecule has 0 saturated carbocycles. The van der Waals surface area contributed by atoms with Gasteiger partial charge < -0.3 is 35.3 Å². The van der Waals surface area contributed by atoms with Crippen molar-refractivity contribution in [2.45, 2.75) is 104 Å². The summed E-state index contributed by atoms with van der Waals surface area (Å²) in [6, 6.07) is 7.76. The highest BCUT2D eigenvalue weighted by Gasteiger charge is 2.39. The fourth-order valence-electron chi connectivity index (χ4n) is 5.70. The molecule has 5 aliphatic heterocycles. The van der Waals surface area contributed by atoms with Gasteiger partial charge in [0.05, 0.1) is 42.5 Å². The van der Waals surface area contributed by atoms with Crippen LogP contribution in [0.2, 0.25) is 0 Å². The second-order valence-corrected chi connectivity index (χ2v) is 13.3. The Kier molecular flexibility index (Phi) is 13.9. The highest BCUT2D eigenvalue weighted by Crippen LogP contribution is 2.35. The maximum absolute atomic E-state index is 11.8. The summed E-state index contributed by atoms with van der Waals surface area (Å²) in [4.78, 5) is 18.8. The molecule has 1 unspecified atom stereocenters. The molecule has 4 bridgehead atoms. The van der Waals surface area contributed by atoms with E-state index in [9.17, 15) is 9.90 Å². The summed E-state index contributed by atoms with van der Waals surface area (Å²) < 4.78 is 12.4. The fourth-order valence-corrected chi connectivity index (χ4v) is 5.70. The molecule has 1 atom stereocenters. The number of hydrazine groups is 2. The smallest absolute Gasteiger partial charge is 0.308 e. The van der Waals surface area contributed by atoms with Crippen LogP contribution in [0.3, 0.4) is 0 Å². The van der Waals surface area contributed by atoms with Crippen molar-refractivity contribution < 1.29 is 24.5 Å². The Morgan fingerprint density at radius 2 is 1.79 bits per heavy atom. The monoisotopic (exact) mass is 655 g/mol. The van der Waals surface area contributed by atoms with E-state index in [-0.39, 0.29) is 18.1 Å². The van der Waals surface area contributed by atoms with Gasteiger partial charge in [-0.2, -0.15) is 0 Å². The number of piperidine rings is 1. The quantitative estimate of drug-likeness (QED) is 0.289. The number of hydrogen-bond donors (Lipinski definition) is 5. The number of carboxylic acid groups (broad SMARTS) is 1. The van der Waals surface area contributed by atoms with Crippen molar-refractivity contribution in [3.8, 4) is 0 Å². The number of carboxylic acids is 1. The SMILES string of the molecule is CC.CC(C)(C)O.CC1=NC2=CC3CN(N)/C=C(\N)c4ccccc4COCCCCOC4(C)CCN(CC4)C(=C1CC(=O)O)N2N3. The normalized spacial score (nSPS) is 25.1. The maximum atomic E-state index is 11.8. The van der Waals surface area contributed by atoms with Crippen LogP contribution in [0.5, 0.6) is 0 Å². The topological polar surface area (TPSA) is 162 Å². The number of aliphatic imine (C=N–C) groups is 1. The average molecular weight is 656 g/mol. The summed E-state index contributed by atoms with van der Waals surface area (Å²) in [7, 11) is 0. The molecule has 12 nitrogen and oxygen atoms in total. The number of nitrogens with one attached hydrogen (secondary N) is 1. The number of benzene rings is 1. The van der Waals surface area contributed by atoms with E-state index in [0.717, 1.165) is 61.5 Å². The van der Waals surface area contributed by atoms with Crippen molar-refractivity contribution in [1.82, 2.24) is 20.3 Å². The van der Waals surface area contributed by atoms with Gasteiger partial charge in [-0.25, -0.2) is 21.3 Å². The molecule has 1 fully saturated rings. The third kappa shape index (κ3) is 11.4. The Balaban J connectivity index is 0.000000784. The summed E-state index contributed by atoms with van der Waals surface area (Å²) in [5.41, 5.74) is 13.2. The van der Waals surface area contributed by atoms with Crippen molar-refractivity contribution in [2.24, 2.45) is 16.6 Å². The number of carbonyl (C=O) groups is 1. The summed E-state index contributed by atoms with van der Waals surface area (Å²) >= 11 is 0. The van der Waals surface area contributed by atoms with Crippen molar-refractivity contribution in [3.05, 3.63) is 64.9 Å². The van der Waals surface area contributed by atoms with Crippen LogP contribution in [-0.4, -0.2) is 86.9 Å². The average Bonchev–Trinajstić information content (AvgIpc) is 3.38. The number of ether oxygens (including phenoxy) is 2. The first-order valence-electron chi connectivity index (χ1n) is 16.8. The molecule has 262 valence electrons. The van der Waals surface area contributed by atoms with Crippen LogP contribution in [0.1, 0.15) is 91.7 Å². The predicted molar refractivity (Wildman–Crippen MR) is 186 cm³/mol. The summed E-state index contributed by atoms with van der Waals surface area (Å²) in [5.74, 6) is 7.12. The molecule has 1 aromatic rings. The molecule has 0 amide bonds. The first-order chi connectivity index (χ1) is 22.2. The standard InChI is InChI=1S/C29H41N7O4.C4H10O.C2H6/c1-20-24(16-27(37)38)28-34-11-9-29(2,10-12-34)40-14-6-5-13-39-19-21-7-3-4-8-23(21)25(30)18-35(31)17-22-15-26(32-20)36(28)33-22;1-4(2,3)5;1-2/h3-4,7-8,15,18,22,33H,5-6,9-14,16-17,19,30-31H2,1-2H3,(H,37,38);5H,1-3H3;1-2H3/b25-18-;;. The zero-order chi connectivity index (χ0) is 34.8. The van der Waals surface area contributed by atoms with Crippen LogP contribution in [-0.2, 0) is 20.9 Å². The molecule has 0 aromatic heterocycles. The molecule has 1 saturated heterocycles. The Morgan fingerprint density at radius 3 is 2.45 bits per heavy atom. The van der Waals surface area contributed by atoms with Gasteiger partial charge in [-0.05, 0) is 71.9 Å². The number of fused-ring (bicyclic) bond motifs is 10. The van der Waals surface area contributed by atoms with Crippen molar-refractivity contribution >= 4 is 17.4 Å². The molecule has 0 aliphatic carbocycles. The molecule has 5 heterocycles. The molecule has 5 aliphatic rings. The first-order valence-corrected chi connectivity index (χ1v) is 16.8. The lowest BCUT2D eigenvalue weighted by Crippen LogP contribution is -2.51. The van der Waals surface area contributed by atoms with Gasteiger partial charge in [0.25, 0.3) is 0 Å². The summed E-state index contributed by atoms with van der Waals surface area (Å²) in [6.45, 7) is 17.0. The maximum Gasteiger partial charge on any atom is 0.308 e. The van der Waals surface area contributed by atoms with Crippen LogP contribution in [0, 0.1) is 0 Å². The number of nitrogens with two attached hydrogens (primary N) is 2. The number of rotatable bonds is 2. The van der Waals surface area contributed by atoms with Gasteiger partial charge in [0.15, 0.2) is 0 Å². The van der Waals surface area contributed by atoms with E-state index in [4.69, 9.17) is 31.1 Å². The Bertz CT molecular complexity index is 1320. The highest BCUT2D eigenvalue weighted by molar-refractivity contribution is 6.03. The molecule has 7 N–H and O–H groups in total. The number of aliphatic carboxylic acids is 1. The Hall–Kier alpha value is -3.42. The lowest BCUT2D eigenvalue weighted by Gasteiger charge is -2.45. The Labute approximate surface area is 280 Å². The molecule has 1 aromatic carbocycles. The third-order valence-corrected chi connectivity index (χ3v) is 7.96. The number of nitrogens with zero attached hydrogens (tertiary/aromatic N) is 4. The molecular weight excluding hydrogens is 598 g/mol. The first kappa shape index (κ1) is 38.0. The summed E-state index contributed by atoms with van der Waals surface area (Å²) in [5, 5.41) is 21.7. The summed E-state index contributed by atoms with van der Waals surface area (Å²) in [6.07, 6.45) is 7.18. The van der Waals surface area contributed by atoms with E-state index in [0.29, 0.717) is 43.3 Å². The number of aliphatic hydroxyl groups is 1. The van der Waals surface area contributed by atoms with Crippen LogP contribution >= 0.6 is 0 Å². The van der Waals surface area contributed by atoms with Crippen molar-refractivity contribution in [2.75, 3.05) is 32.8 Å². The van der Waals surface area contributed by atoms with Crippen LogP contribution in [0.25, 0.3) is 5.70 Å². The molecule has 6 rings (SSSR count). The molecule has 0 radical (unpaired) electrons. The van der Waals surface area contributed by atoms with E-state index in [1.165, 1.54) is 0 Å². The second-order valence-electron chi connectivity index (χ2n) is 13.3. The van der Waals surface area contributed by atoms with Gasteiger partial charge in [-0.3, -0.25) is 4.79 Å². The molecular formula is C35H57N7O5. The van der Waals surface area contributed by atoms with E-state index >= 15 is 0 Å². The zero-order valence-corrected chi connectivity index (χ0v) is 29.4. The second kappa shape index (κ2) is 17.1. The van der Waals surface area contributed by atoms with E-state index in [2.05, 4.69) is 17.2 Å². The van der Waals surface area contributed by atoms with Crippen LogP contribution in [0.4, 0.5) is 0 Å².